The Labute approximate surface area is 407 Å². The van der Waals surface area contributed by atoms with Crippen molar-refractivity contribution in [3.05, 3.63) is 71.8 Å². The average molecular weight is 980 g/mol. The maximum Gasteiger partial charge on any atom is 0.326 e. The van der Waals surface area contributed by atoms with Gasteiger partial charge in [0.25, 0.3) is 0 Å². The number of hydrogen-bond acceptors (Lipinski definition) is 12. The third kappa shape index (κ3) is 18.5. The van der Waals surface area contributed by atoms with E-state index in [-0.39, 0.29) is 44.1 Å². The summed E-state index contributed by atoms with van der Waals surface area (Å²) in [5.74, 6) is -9.40. The predicted octanol–water partition coefficient (Wildman–Crippen LogP) is -1.13. The topological polar surface area (TPSA) is 345 Å². The molecule has 1 aliphatic rings. The average Bonchev–Trinajstić information content (AvgIpc) is 3.80. The number of amides is 8. The van der Waals surface area contributed by atoms with E-state index in [1.54, 1.807) is 70.2 Å². The number of carbonyl (C=O) groups excluding carboxylic acids is 8. The van der Waals surface area contributed by atoms with Crippen molar-refractivity contribution in [3.63, 3.8) is 0 Å². The molecule has 0 unspecified atom stereocenters. The smallest absolute Gasteiger partial charge is 0.326 e. The highest BCUT2D eigenvalue weighted by Crippen LogP contribution is 2.21. The van der Waals surface area contributed by atoms with Crippen molar-refractivity contribution in [3.8, 4) is 0 Å². The third-order valence-electron chi connectivity index (χ3n) is 11.5. The molecule has 0 spiro atoms. The van der Waals surface area contributed by atoms with Gasteiger partial charge in [0.15, 0.2) is 0 Å². The SMILES string of the molecule is CC(C)C[C@H](NC(=O)[C@H](CCC(=O)O)NC(=O)[C@H](C)NC(=O)[C@@H](NC(=O)CNC(=O)[C@H](Cc1ccccc1)NC(=O)[C@@H]1CCCN1C(=O)[C@H](Cc1ccccc1)NC(=O)[C@@H](N)C(C)C)[C@@H](C)O)C(=O)O. The van der Waals surface area contributed by atoms with Crippen molar-refractivity contribution < 1.29 is 63.3 Å². The second-order valence-electron chi connectivity index (χ2n) is 18.2. The zero-order valence-corrected chi connectivity index (χ0v) is 40.4. The highest BCUT2D eigenvalue weighted by molar-refractivity contribution is 5.98. The van der Waals surface area contributed by atoms with Gasteiger partial charge < -0.3 is 63.2 Å². The van der Waals surface area contributed by atoms with Crippen LogP contribution >= 0.6 is 0 Å². The molecule has 384 valence electrons. The summed E-state index contributed by atoms with van der Waals surface area (Å²) >= 11 is 0. The van der Waals surface area contributed by atoms with Gasteiger partial charge in [0.05, 0.1) is 18.7 Å². The van der Waals surface area contributed by atoms with Crippen molar-refractivity contribution in [2.75, 3.05) is 13.1 Å². The largest absolute Gasteiger partial charge is 0.481 e. The van der Waals surface area contributed by atoms with E-state index in [0.29, 0.717) is 12.0 Å². The molecule has 22 nitrogen and oxygen atoms in total. The zero-order chi connectivity index (χ0) is 52.2. The molecule has 8 amide bonds. The van der Waals surface area contributed by atoms with E-state index < -0.39 is 133 Å². The van der Waals surface area contributed by atoms with E-state index in [1.807, 2.05) is 18.2 Å². The van der Waals surface area contributed by atoms with Crippen LogP contribution in [0.3, 0.4) is 0 Å². The van der Waals surface area contributed by atoms with Crippen LogP contribution in [0.1, 0.15) is 84.8 Å². The first-order chi connectivity index (χ1) is 33.0. The molecule has 1 heterocycles. The monoisotopic (exact) mass is 980 g/mol. The van der Waals surface area contributed by atoms with Crippen LogP contribution in [0.2, 0.25) is 0 Å². The first kappa shape index (κ1) is 57.4. The standard InChI is InChI=1S/C48H69N9O13/c1-26(2)22-35(48(69)70)55-43(64)32(19-20-38(60)61)52-41(62)28(5)51-46(67)40(29(6)58)56-37(59)25-50-42(63)33(23-30-14-9-7-10-15-30)53-44(65)36-18-13-21-57(36)47(68)34(24-31-16-11-8-12-17-31)54-45(66)39(49)27(3)4/h7-12,14-17,26-29,32-36,39-40,58H,13,18-25,49H2,1-6H3,(H,50,63)(H,51,67)(H,52,62)(H,53,65)(H,54,66)(H,55,64)(H,56,59)(H,60,61)(H,69,70)/t28-,29+,32-,33-,34-,35-,36-,39-,40-/m0/s1. The van der Waals surface area contributed by atoms with E-state index >= 15 is 0 Å². The van der Waals surface area contributed by atoms with Crippen LogP contribution in [0, 0.1) is 11.8 Å². The number of likely N-dealkylation sites (tertiary alicyclic amines) is 1. The lowest BCUT2D eigenvalue weighted by molar-refractivity contribution is -0.143. The molecule has 9 atom stereocenters. The quantitative estimate of drug-likeness (QED) is 0.0505. The Morgan fingerprint density at radius 3 is 1.74 bits per heavy atom. The number of aliphatic carboxylic acids is 2. The normalized spacial score (nSPS) is 16.8. The number of benzene rings is 2. The van der Waals surface area contributed by atoms with Gasteiger partial charge in [-0.2, -0.15) is 0 Å². The molecule has 12 N–H and O–H groups in total. The molecule has 0 radical (unpaired) electrons. The van der Waals surface area contributed by atoms with Crippen LogP contribution in [0.15, 0.2) is 60.7 Å². The predicted molar refractivity (Wildman–Crippen MR) is 254 cm³/mol. The Kier molecular flexibility index (Phi) is 22.9. The van der Waals surface area contributed by atoms with Gasteiger partial charge in [0.2, 0.25) is 47.3 Å². The minimum atomic E-state index is -1.68. The van der Waals surface area contributed by atoms with Gasteiger partial charge in [-0.05, 0) is 62.5 Å². The molecule has 1 fully saturated rings. The van der Waals surface area contributed by atoms with Crippen LogP contribution < -0.4 is 43.0 Å². The number of aliphatic hydroxyl groups is 1. The maximum absolute atomic E-state index is 14.2. The van der Waals surface area contributed by atoms with Gasteiger partial charge in [-0.15, -0.1) is 0 Å². The van der Waals surface area contributed by atoms with Crippen molar-refractivity contribution in [2.24, 2.45) is 17.6 Å². The second-order valence-corrected chi connectivity index (χ2v) is 18.2. The number of carbonyl (C=O) groups is 10. The van der Waals surface area contributed by atoms with Crippen molar-refractivity contribution in [1.29, 1.82) is 0 Å². The van der Waals surface area contributed by atoms with E-state index in [0.717, 1.165) is 5.56 Å². The van der Waals surface area contributed by atoms with Crippen LogP contribution in [-0.4, -0.2) is 147 Å². The molecule has 2 aromatic rings. The van der Waals surface area contributed by atoms with Gasteiger partial charge in [0, 0.05) is 25.8 Å². The number of nitrogens with zero attached hydrogens (tertiary/aromatic N) is 1. The first-order valence-electron chi connectivity index (χ1n) is 23.3. The minimum absolute atomic E-state index is 0.0317. The number of carboxylic acids is 2. The third-order valence-corrected chi connectivity index (χ3v) is 11.5. The molecule has 1 saturated heterocycles. The number of hydrogen-bond donors (Lipinski definition) is 11. The Morgan fingerprint density at radius 1 is 0.657 bits per heavy atom. The highest BCUT2D eigenvalue weighted by Gasteiger charge is 2.40. The maximum atomic E-state index is 14.2. The summed E-state index contributed by atoms with van der Waals surface area (Å²) in [5, 5.41) is 46.5. The summed E-state index contributed by atoms with van der Waals surface area (Å²) in [6.07, 6.45) is -1.68. The van der Waals surface area contributed by atoms with Crippen molar-refractivity contribution in [1.82, 2.24) is 42.1 Å². The second kappa shape index (κ2) is 27.9. The lowest BCUT2D eigenvalue weighted by atomic mass is 10.0. The Hall–Kier alpha value is -6.94. The molecule has 0 aliphatic carbocycles. The lowest BCUT2D eigenvalue weighted by Gasteiger charge is -2.30. The summed E-state index contributed by atoms with van der Waals surface area (Å²) in [6, 6.07) is 7.52. The van der Waals surface area contributed by atoms with Crippen LogP contribution in [0.25, 0.3) is 0 Å². The molecule has 3 rings (SSSR count). The van der Waals surface area contributed by atoms with E-state index in [9.17, 15) is 63.3 Å². The summed E-state index contributed by atoms with van der Waals surface area (Å²) in [6.45, 7) is 8.87. The lowest BCUT2D eigenvalue weighted by Crippen LogP contribution is -2.60. The van der Waals surface area contributed by atoms with Gasteiger partial charge in [-0.1, -0.05) is 88.4 Å². The molecular formula is C48H69N9O13. The van der Waals surface area contributed by atoms with Gasteiger partial charge in [0.1, 0.15) is 42.3 Å². The van der Waals surface area contributed by atoms with Crippen molar-refractivity contribution in [2.45, 2.75) is 141 Å². The Bertz CT molecular complexity index is 2140. The Morgan fingerprint density at radius 2 is 1.21 bits per heavy atom. The Balaban J connectivity index is 1.71. The first-order valence-corrected chi connectivity index (χ1v) is 23.3. The fourth-order valence-corrected chi connectivity index (χ4v) is 7.54. The van der Waals surface area contributed by atoms with Crippen LogP contribution in [-0.2, 0) is 60.8 Å². The highest BCUT2D eigenvalue weighted by atomic mass is 16.4. The molecule has 1 aliphatic heterocycles. The van der Waals surface area contributed by atoms with Gasteiger partial charge >= 0.3 is 11.9 Å². The number of rotatable bonds is 27. The van der Waals surface area contributed by atoms with Crippen molar-refractivity contribution >= 4 is 59.2 Å². The van der Waals surface area contributed by atoms with E-state index in [2.05, 4.69) is 37.2 Å². The molecule has 0 aromatic heterocycles. The molecule has 70 heavy (non-hydrogen) atoms. The number of nitrogens with one attached hydrogen (secondary N) is 7. The minimum Gasteiger partial charge on any atom is -0.481 e. The number of carboxylic acid groups (broad SMARTS) is 2. The molecular weight excluding hydrogens is 911 g/mol. The summed E-state index contributed by atoms with van der Waals surface area (Å²) in [4.78, 5) is 132. The van der Waals surface area contributed by atoms with E-state index in [4.69, 9.17) is 5.73 Å². The van der Waals surface area contributed by atoms with Crippen LogP contribution in [0.4, 0.5) is 0 Å². The number of aliphatic hydroxyl groups excluding tert-OH is 1. The van der Waals surface area contributed by atoms with E-state index in [1.165, 1.54) is 18.7 Å². The number of nitrogens with two attached hydrogens (primary N) is 1. The molecule has 0 bridgehead atoms. The fraction of sp³-hybridized carbons (Fsp3) is 0.542. The van der Waals surface area contributed by atoms with Gasteiger partial charge in [-0.25, -0.2) is 4.79 Å². The molecule has 2 aromatic carbocycles. The van der Waals surface area contributed by atoms with Crippen LogP contribution in [0.5, 0.6) is 0 Å². The molecule has 0 saturated carbocycles. The zero-order valence-electron chi connectivity index (χ0n) is 40.4. The summed E-state index contributed by atoms with van der Waals surface area (Å²) in [5.41, 5.74) is 7.53. The summed E-state index contributed by atoms with van der Waals surface area (Å²) < 4.78 is 0. The summed E-state index contributed by atoms with van der Waals surface area (Å²) in [7, 11) is 0. The fourth-order valence-electron chi connectivity index (χ4n) is 7.54. The van der Waals surface area contributed by atoms with Gasteiger partial charge in [-0.3, -0.25) is 43.2 Å². The molecule has 22 heteroatoms.